The Morgan fingerprint density at radius 1 is 1.46 bits per heavy atom. The molecule has 0 radical (unpaired) electrons. The van der Waals surface area contributed by atoms with E-state index < -0.39 is 41.3 Å². The van der Waals surface area contributed by atoms with Crippen LogP contribution in [-0.4, -0.2) is 62.0 Å². The van der Waals surface area contributed by atoms with Gasteiger partial charge in [-0.1, -0.05) is 5.16 Å². The summed E-state index contributed by atoms with van der Waals surface area (Å²) in [5.74, 6) is -2.82. The smallest absolute Gasteiger partial charge is 0.478 e. The Balaban J connectivity index is 1.76. The van der Waals surface area contributed by atoms with Crippen LogP contribution in [0, 0.1) is 0 Å². The molecule has 28 heavy (non-hydrogen) atoms. The lowest BCUT2D eigenvalue weighted by Crippen LogP contribution is -2.69. The van der Waals surface area contributed by atoms with E-state index in [0.717, 1.165) is 34.2 Å². The van der Waals surface area contributed by atoms with Crippen molar-refractivity contribution < 1.29 is 37.5 Å². The third kappa shape index (κ3) is 4.04. The lowest BCUT2D eigenvalue weighted by Gasteiger charge is -2.46. The monoisotopic (exact) mass is 437 g/mol. The number of rotatable bonds is 5. The van der Waals surface area contributed by atoms with E-state index in [1.807, 2.05) is 0 Å². The molecule has 1 saturated heterocycles. The first-order chi connectivity index (χ1) is 13.1. The van der Waals surface area contributed by atoms with E-state index in [2.05, 4.69) is 20.3 Å². The lowest BCUT2D eigenvalue weighted by atomic mass is 10.1. The third-order valence-corrected chi connectivity index (χ3v) is 5.56. The van der Waals surface area contributed by atoms with Crippen LogP contribution in [0.1, 0.15) is 5.69 Å². The molecule has 1 unspecified atom stereocenters. The fourth-order valence-corrected chi connectivity index (χ4v) is 4.14. The fourth-order valence-electron chi connectivity index (χ4n) is 2.34. The number of carboxylic acid groups (broad SMARTS) is 1. The average molecular weight is 437 g/mol. The first-order valence-corrected chi connectivity index (χ1v) is 9.22. The van der Waals surface area contributed by atoms with E-state index in [4.69, 9.17) is 10.8 Å². The molecule has 2 atom stereocenters. The van der Waals surface area contributed by atoms with Crippen molar-refractivity contribution >= 4 is 51.7 Å². The Hall–Kier alpha value is -2.81. The molecule has 0 aromatic carbocycles. The van der Waals surface area contributed by atoms with E-state index in [-0.39, 0.29) is 22.2 Å². The molecule has 4 N–H and O–H groups in total. The van der Waals surface area contributed by atoms with Crippen LogP contribution in [0.4, 0.5) is 18.3 Å². The van der Waals surface area contributed by atoms with Gasteiger partial charge in [0.15, 0.2) is 10.8 Å². The summed E-state index contributed by atoms with van der Waals surface area (Å²) in [6, 6.07) is -1.07. The Morgan fingerprint density at radius 2 is 2.18 bits per heavy atom. The molecule has 1 aromatic rings. The lowest BCUT2D eigenvalue weighted by molar-refractivity contribution is -0.325. The zero-order chi connectivity index (χ0) is 20.6. The number of fused-ring (bicyclic) bond motifs is 1. The number of nitrogens with zero attached hydrogens (tertiary/aromatic N) is 3. The van der Waals surface area contributed by atoms with Crippen molar-refractivity contribution in [1.82, 2.24) is 15.2 Å². The van der Waals surface area contributed by atoms with Crippen LogP contribution in [0.25, 0.3) is 0 Å². The molecule has 3 heterocycles. The van der Waals surface area contributed by atoms with Gasteiger partial charge in [0.25, 0.3) is 11.8 Å². The van der Waals surface area contributed by atoms with E-state index >= 15 is 0 Å². The number of hydrogen-bond acceptors (Lipinski definition) is 9. The normalized spacial score (nSPS) is 22.1. The van der Waals surface area contributed by atoms with Gasteiger partial charge in [-0.2, -0.15) is 0 Å². The molecular weight excluding hydrogens is 427 g/mol. The summed E-state index contributed by atoms with van der Waals surface area (Å²) < 4.78 is 36.9. The SMILES string of the molecule is Nc1nc(C(=NOC(F)(F)F)C(=O)NC2C(=O)N3C=C(C(=O)O)CS[C@H]23)cs1. The van der Waals surface area contributed by atoms with Crippen molar-refractivity contribution in [1.29, 1.82) is 0 Å². The maximum atomic E-state index is 12.4. The topological polar surface area (TPSA) is 147 Å². The molecule has 0 saturated carbocycles. The Labute approximate surface area is 162 Å². The van der Waals surface area contributed by atoms with Crippen LogP contribution in [0.3, 0.4) is 0 Å². The van der Waals surface area contributed by atoms with Gasteiger partial charge in [0.1, 0.15) is 17.1 Å². The molecule has 1 fully saturated rings. The number of β-lactam (4-membered cyclic amide) rings is 1. The van der Waals surface area contributed by atoms with Crippen molar-refractivity contribution in [3.8, 4) is 0 Å². The highest BCUT2D eigenvalue weighted by Crippen LogP contribution is 2.36. The van der Waals surface area contributed by atoms with Crippen LogP contribution < -0.4 is 11.1 Å². The number of anilines is 1. The summed E-state index contributed by atoms with van der Waals surface area (Å²) >= 11 is 1.96. The Kier molecular flexibility index (Phi) is 5.20. The standard InChI is InChI=1S/C13H10F3N5O5S2/c14-13(15,16)26-20-6(5-3-28-12(17)18-5)8(22)19-7-9(23)21-1-4(11(24)25)2-27-10(7)21/h1,3,7,10H,2H2,(H2,17,18)(H,19,22)(H,24,25)/t7?,10-/m1/s1. The quantitative estimate of drug-likeness (QED) is 0.339. The summed E-state index contributed by atoms with van der Waals surface area (Å²) in [4.78, 5) is 43.7. The van der Waals surface area contributed by atoms with Crippen LogP contribution >= 0.6 is 23.1 Å². The molecule has 0 aliphatic carbocycles. The van der Waals surface area contributed by atoms with E-state index in [9.17, 15) is 27.6 Å². The number of thioether (sulfide) groups is 1. The summed E-state index contributed by atoms with van der Waals surface area (Å²) in [6.45, 7) is 0. The van der Waals surface area contributed by atoms with Crippen molar-refractivity contribution in [3.05, 3.63) is 22.8 Å². The van der Waals surface area contributed by atoms with Gasteiger partial charge in [0.05, 0.1) is 5.57 Å². The van der Waals surface area contributed by atoms with E-state index in [1.165, 1.54) is 5.38 Å². The van der Waals surface area contributed by atoms with Crippen LogP contribution in [0.15, 0.2) is 22.3 Å². The van der Waals surface area contributed by atoms with Gasteiger partial charge >= 0.3 is 12.3 Å². The fraction of sp³-hybridized carbons (Fsp3) is 0.308. The summed E-state index contributed by atoms with van der Waals surface area (Å²) in [7, 11) is 0. The summed E-state index contributed by atoms with van der Waals surface area (Å²) in [5, 5.41) is 14.6. The van der Waals surface area contributed by atoms with Gasteiger partial charge < -0.3 is 21.1 Å². The maximum absolute atomic E-state index is 12.4. The number of nitrogens with one attached hydrogen (secondary N) is 1. The molecule has 0 bridgehead atoms. The van der Waals surface area contributed by atoms with Gasteiger partial charge in [-0.05, 0) is 0 Å². The molecule has 1 aromatic heterocycles. The van der Waals surface area contributed by atoms with Crippen molar-refractivity contribution in [2.45, 2.75) is 17.8 Å². The Morgan fingerprint density at radius 3 is 2.75 bits per heavy atom. The zero-order valence-electron chi connectivity index (χ0n) is 13.5. The minimum atomic E-state index is -5.13. The maximum Gasteiger partial charge on any atom is 0.593 e. The number of carboxylic acids is 1. The van der Waals surface area contributed by atoms with Crippen molar-refractivity contribution in [2.24, 2.45) is 5.16 Å². The van der Waals surface area contributed by atoms with Crippen molar-refractivity contribution in [3.63, 3.8) is 0 Å². The first-order valence-electron chi connectivity index (χ1n) is 7.29. The Bertz CT molecular complexity index is 899. The summed E-state index contributed by atoms with van der Waals surface area (Å²) in [5.41, 5.74) is 4.38. The molecule has 2 aliphatic rings. The van der Waals surface area contributed by atoms with Gasteiger partial charge in [-0.25, -0.2) is 9.78 Å². The third-order valence-electron chi connectivity index (χ3n) is 3.57. The molecule has 0 spiro atoms. The number of nitrogens with two attached hydrogens (primary N) is 1. The molecule has 10 nitrogen and oxygen atoms in total. The number of aliphatic carboxylic acids is 1. The predicted molar refractivity (Wildman–Crippen MR) is 90.9 cm³/mol. The predicted octanol–water partition coefficient (Wildman–Crippen LogP) is 0.334. The van der Waals surface area contributed by atoms with Crippen LogP contribution in [0.2, 0.25) is 0 Å². The second-order valence-corrected chi connectivity index (χ2v) is 7.40. The van der Waals surface area contributed by atoms with Gasteiger partial charge in [-0.3, -0.25) is 14.4 Å². The highest BCUT2D eigenvalue weighted by atomic mass is 32.2. The number of thiazole rings is 1. The molecule has 3 rings (SSSR count). The number of halogens is 3. The molecular formula is C13H10F3N5O5S2. The first kappa shape index (κ1) is 19.9. The van der Waals surface area contributed by atoms with E-state index in [0.29, 0.717) is 0 Å². The number of hydrogen-bond donors (Lipinski definition) is 3. The highest BCUT2D eigenvalue weighted by molar-refractivity contribution is 8.00. The van der Waals surface area contributed by atoms with Gasteiger partial charge in [-0.15, -0.1) is 36.3 Å². The number of amides is 2. The number of aromatic nitrogens is 1. The van der Waals surface area contributed by atoms with Gasteiger partial charge in [0.2, 0.25) is 0 Å². The van der Waals surface area contributed by atoms with Crippen molar-refractivity contribution in [2.75, 3.05) is 11.5 Å². The van der Waals surface area contributed by atoms with Crippen LogP contribution in [-0.2, 0) is 19.2 Å². The minimum absolute atomic E-state index is 0.0115. The molecule has 150 valence electrons. The number of nitrogen functional groups attached to an aromatic ring is 1. The number of carbonyl (C=O) groups excluding carboxylic acids is 2. The molecule has 2 aliphatic heterocycles. The molecule has 2 amide bonds. The second-order valence-electron chi connectivity index (χ2n) is 5.41. The van der Waals surface area contributed by atoms with Gasteiger partial charge in [0, 0.05) is 17.3 Å². The largest absolute Gasteiger partial charge is 0.593 e. The second kappa shape index (κ2) is 7.31. The zero-order valence-corrected chi connectivity index (χ0v) is 15.1. The van der Waals surface area contributed by atoms with Crippen LogP contribution in [0.5, 0.6) is 0 Å². The number of alkyl halides is 3. The molecule has 15 heteroatoms. The van der Waals surface area contributed by atoms with E-state index in [1.54, 1.807) is 0 Å². The number of carbonyl (C=O) groups is 3. The number of oxime groups is 1. The highest BCUT2D eigenvalue weighted by Gasteiger charge is 2.50. The average Bonchev–Trinajstić information content (AvgIpc) is 3.04. The summed E-state index contributed by atoms with van der Waals surface area (Å²) in [6.07, 6.45) is -3.97. The minimum Gasteiger partial charge on any atom is -0.478 e.